The third-order valence-electron chi connectivity index (χ3n) is 1.30. The molecule has 78 valence electrons. The Bertz CT molecular complexity index is 305. The van der Waals surface area contributed by atoms with Crippen LogP contribution < -0.4 is 0 Å². The summed E-state index contributed by atoms with van der Waals surface area (Å²) in [6, 6.07) is 0. The van der Waals surface area contributed by atoms with Crippen molar-refractivity contribution in [3.05, 3.63) is 11.4 Å². The second-order valence-electron chi connectivity index (χ2n) is 2.30. The highest BCUT2D eigenvalue weighted by atomic mass is 19.1. The van der Waals surface area contributed by atoms with Crippen LogP contribution in [-0.2, 0) is 14.4 Å². The van der Waals surface area contributed by atoms with E-state index >= 15 is 0 Å². The Hall–Kier alpha value is -1.92. The van der Waals surface area contributed by atoms with E-state index in [2.05, 4.69) is 0 Å². The predicted molar refractivity (Wildman–Crippen MR) is 40.3 cm³/mol. The number of hydrogen-bond acceptors (Lipinski definition) is 3. The molecule has 0 aliphatic rings. The summed E-state index contributed by atoms with van der Waals surface area (Å²) in [6.07, 6.45) is -1.30. The maximum absolute atomic E-state index is 12.6. The molecule has 0 saturated heterocycles. The monoisotopic (exact) mass is 206 g/mol. The van der Waals surface area contributed by atoms with Gasteiger partial charge in [0.25, 0.3) is 0 Å². The molecule has 0 saturated carbocycles. The van der Waals surface area contributed by atoms with Gasteiger partial charge in [0.15, 0.2) is 0 Å². The summed E-state index contributed by atoms with van der Waals surface area (Å²) in [5.41, 5.74) is -1.04. The van der Waals surface area contributed by atoms with Crippen LogP contribution in [0.4, 0.5) is 4.39 Å². The van der Waals surface area contributed by atoms with Crippen molar-refractivity contribution in [3.63, 3.8) is 0 Å². The molecular weight excluding hydrogens is 199 g/mol. The molecule has 0 aliphatic carbocycles. The highest BCUT2D eigenvalue weighted by molar-refractivity contribution is 5.97. The van der Waals surface area contributed by atoms with Crippen molar-refractivity contribution in [1.82, 2.24) is 0 Å². The smallest absolute Gasteiger partial charge is 0.365 e. The van der Waals surface area contributed by atoms with Crippen LogP contribution in [0.3, 0.4) is 0 Å². The van der Waals surface area contributed by atoms with Crippen LogP contribution in [0.25, 0.3) is 0 Å². The highest BCUT2D eigenvalue weighted by Crippen LogP contribution is 2.13. The molecule has 3 N–H and O–H groups in total. The van der Waals surface area contributed by atoms with Crippen molar-refractivity contribution in [3.8, 4) is 0 Å². The first-order valence-electron chi connectivity index (χ1n) is 3.43. The molecule has 0 aromatic carbocycles. The molecule has 0 heterocycles. The van der Waals surface area contributed by atoms with Gasteiger partial charge >= 0.3 is 17.9 Å². The lowest BCUT2D eigenvalue weighted by atomic mass is 10.1. The van der Waals surface area contributed by atoms with Crippen molar-refractivity contribution in [2.24, 2.45) is 0 Å². The Morgan fingerprint density at radius 1 is 0.929 bits per heavy atom. The van der Waals surface area contributed by atoms with Gasteiger partial charge in [0, 0.05) is 6.42 Å². The van der Waals surface area contributed by atoms with Crippen molar-refractivity contribution in [2.75, 3.05) is 0 Å². The van der Waals surface area contributed by atoms with E-state index in [0.29, 0.717) is 0 Å². The second-order valence-corrected chi connectivity index (χ2v) is 2.30. The largest absolute Gasteiger partial charge is 0.481 e. The molecule has 0 bridgehead atoms. The van der Waals surface area contributed by atoms with E-state index in [9.17, 15) is 18.8 Å². The van der Waals surface area contributed by atoms with Gasteiger partial charge in [-0.2, -0.15) is 4.39 Å². The van der Waals surface area contributed by atoms with E-state index in [-0.39, 0.29) is 0 Å². The number of hydrogen-bond donors (Lipinski definition) is 3. The summed E-state index contributed by atoms with van der Waals surface area (Å²) < 4.78 is 12.6. The Morgan fingerprint density at radius 3 is 1.71 bits per heavy atom. The van der Waals surface area contributed by atoms with Gasteiger partial charge in [0.1, 0.15) is 0 Å². The molecule has 14 heavy (non-hydrogen) atoms. The first kappa shape index (κ1) is 12.1. The van der Waals surface area contributed by atoms with E-state index in [0.717, 1.165) is 0 Å². The van der Waals surface area contributed by atoms with Crippen LogP contribution in [0.1, 0.15) is 12.8 Å². The highest BCUT2D eigenvalue weighted by Gasteiger charge is 2.20. The number of halogens is 1. The maximum atomic E-state index is 12.6. The van der Waals surface area contributed by atoms with Crippen molar-refractivity contribution in [1.29, 1.82) is 0 Å². The average Bonchev–Trinajstić information content (AvgIpc) is 2.02. The predicted octanol–water partition coefficient (Wildman–Crippen LogP) is 0.244. The van der Waals surface area contributed by atoms with Gasteiger partial charge in [0.2, 0.25) is 5.83 Å². The normalized spacial score (nSPS) is 11.8. The zero-order valence-electron chi connectivity index (χ0n) is 6.86. The van der Waals surface area contributed by atoms with Crippen LogP contribution in [0, 0.1) is 0 Å². The zero-order chi connectivity index (χ0) is 11.3. The fourth-order valence-corrected chi connectivity index (χ4v) is 0.672. The van der Waals surface area contributed by atoms with E-state index in [1.165, 1.54) is 0 Å². The molecule has 6 nitrogen and oxygen atoms in total. The van der Waals surface area contributed by atoms with Crippen LogP contribution in [0.5, 0.6) is 0 Å². The molecule has 0 fully saturated rings. The van der Waals surface area contributed by atoms with Gasteiger partial charge in [-0.1, -0.05) is 0 Å². The quantitative estimate of drug-likeness (QED) is 0.555. The van der Waals surface area contributed by atoms with E-state index in [4.69, 9.17) is 15.3 Å². The van der Waals surface area contributed by atoms with Gasteiger partial charge in [-0.05, 0) is 6.42 Å². The zero-order valence-corrected chi connectivity index (χ0v) is 6.86. The second kappa shape index (κ2) is 4.95. The molecule has 0 atom stereocenters. The van der Waals surface area contributed by atoms with Gasteiger partial charge in [-0.15, -0.1) is 0 Å². The molecule has 7 heteroatoms. The van der Waals surface area contributed by atoms with Gasteiger partial charge in [-0.3, -0.25) is 4.79 Å². The molecular formula is C7H7FO6. The summed E-state index contributed by atoms with van der Waals surface area (Å²) >= 11 is 0. The number of rotatable bonds is 5. The van der Waals surface area contributed by atoms with Crippen LogP contribution in [0.15, 0.2) is 11.4 Å². The number of aliphatic carboxylic acids is 3. The van der Waals surface area contributed by atoms with Crippen molar-refractivity contribution in [2.45, 2.75) is 12.8 Å². The topological polar surface area (TPSA) is 112 Å². The fourth-order valence-electron chi connectivity index (χ4n) is 0.672. The minimum absolute atomic E-state index is 0.637. The Morgan fingerprint density at radius 2 is 1.43 bits per heavy atom. The number of carbonyl (C=O) groups is 3. The summed E-state index contributed by atoms with van der Waals surface area (Å²) in [6.45, 7) is 0. The third kappa shape index (κ3) is 3.65. The minimum Gasteiger partial charge on any atom is -0.481 e. The maximum Gasteiger partial charge on any atom is 0.365 e. The van der Waals surface area contributed by atoms with Crippen LogP contribution in [0.2, 0.25) is 0 Å². The van der Waals surface area contributed by atoms with Crippen molar-refractivity contribution >= 4 is 17.9 Å². The molecule has 0 spiro atoms. The molecule has 0 amide bonds. The lowest BCUT2D eigenvalue weighted by Crippen LogP contribution is -2.10. The van der Waals surface area contributed by atoms with Gasteiger partial charge in [-0.25, -0.2) is 9.59 Å². The fraction of sp³-hybridized carbons (Fsp3) is 0.286. The Kier molecular flexibility index (Phi) is 4.27. The third-order valence-corrected chi connectivity index (χ3v) is 1.30. The SMILES string of the molecule is O=C(O)CCC(C(=O)O)=C(F)C(=O)O. The first-order chi connectivity index (χ1) is 6.36. The van der Waals surface area contributed by atoms with Crippen molar-refractivity contribution < 1.29 is 34.1 Å². The van der Waals surface area contributed by atoms with E-state index in [1.54, 1.807) is 0 Å². The summed E-state index contributed by atoms with van der Waals surface area (Å²) in [7, 11) is 0. The van der Waals surface area contributed by atoms with Gasteiger partial charge in [0.05, 0.1) is 5.57 Å². The van der Waals surface area contributed by atoms with E-state index in [1.807, 2.05) is 0 Å². The summed E-state index contributed by atoms with van der Waals surface area (Å²) in [4.78, 5) is 30.4. The van der Waals surface area contributed by atoms with E-state index < -0.39 is 42.1 Å². The summed E-state index contributed by atoms with van der Waals surface area (Å²) in [5.74, 6) is -6.96. The molecule has 0 aromatic rings. The van der Waals surface area contributed by atoms with Crippen LogP contribution >= 0.6 is 0 Å². The molecule has 0 aliphatic heterocycles. The van der Waals surface area contributed by atoms with Crippen LogP contribution in [-0.4, -0.2) is 33.2 Å². The summed E-state index contributed by atoms with van der Waals surface area (Å²) in [5, 5.41) is 24.7. The minimum atomic E-state index is -2.02. The molecule has 0 unspecified atom stereocenters. The Balaban J connectivity index is 4.77. The van der Waals surface area contributed by atoms with Gasteiger partial charge < -0.3 is 15.3 Å². The molecule has 0 aromatic heterocycles. The first-order valence-corrected chi connectivity index (χ1v) is 3.43. The number of carboxylic acid groups (broad SMARTS) is 3. The number of carboxylic acids is 3. The molecule has 0 rings (SSSR count). The standard InChI is InChI=1S/C7H7FO6/c8-5(7(13)14)3(6(11)12)1-2-4(9)10/h1-2H2,(H,9,10)(H,11,12)(H,13,14). The Labute approximate surface area is 77.3 Å². The average molecular weight is 206 g/mol. The lowest BCUT2D eigenvalue weighted by Gasteiger charge is -1.99. The molecule has 0 radical (unpaired) electrons. The lowest BCUT2D eigenvalue weighted by molar-refractivity contribution is -0.138.